The highest BCUT2D eigenvalue weighted by Crippen LogP contribution is 2.28. The van der Waals surface area contributed by atoms with Crippen molar-refractivity contribution in [2.24, 2.45) is 11.8 Å². The van der Waals surface area contributed by atoms with E-state index >= 15 is 0 Å². The molecule has 7 heteroatoms. The molecule has 0 aliphatic carbocycles. The highest BCUT2D eigenvalue weighted by molar-refractivity contribution is 6.05. The molecule has 0 spiro atoms. The van der Waals surface area contributed by atoms with E-state index in [0.717, 1.165) is 25.9 Å². The van der Waals surface area contributed by atoms with Gasteiger partial charge in [0.15, 0.2) is 0 Å². The van der Waals surface area contributed by atoms with E-state index in [0.29, 0.717) is 29.4 Å². The van der Waals surface area contributed by atoms with Crippen LogP contribution in [0.1, 0.15) is 36.5 Å². The summed E-state index contributed by atoms with van der Waals surface area (Å²) in [5.41, 5.74) is 1.43. The molecule has 0 unspecified atom stereocenters. The number of rotatable bonds is 4. The lowest BCUT2D eigenvalue weighted by molar-refractivity contribution is -0.137. The summed E-state index contributed by atoms with van der Waals surface area (Å²) in [6, 6.07) is 12.3. The van der Waals surface area contributed by atoms with Crippen LogP contribution in [0, 0.1) is 17.7 Å². The van der Waals surface area contributed by atoms with Crippen LogP contribution in [0.5, 0.6) is 0 Å². The van der Waals surface area contributed by atoms with E-state index < -0.39 is 5.82 Å². The SMILES string of the molecule is CC1CCN(C(=O)[C@@H]2CC(=O)N(c3ccc(C(=O)Nc4cccc(F)c4)cc3)C2)CC1. The Labute approximate surface area is 181 Å². The summed E-state index contributed by atoms with van der Waals surface area (Å²) in [4.78, 5) is 41.3. The molecule has 6 nitrogen and oxygen atoms in total. The number of hydrogen-bond acceptors (Lipinski definition) is 3. The predicted molar refractivity (Wildman–Crippen MR) is 116 cm³/mol. The van der Waals surface area contributed by atoms with E-state index in [1.807, 2.05) is 4.90 Å². The Hall–Kier alpha value is -3.22. The smallest absolute Gasteiger partial charge is 0.255 e. The molecule has 2 aliphatic rings. The van der Waals surface area contributed by atoms with Crippen molar-refractivity contribution < 1.29 is 18.8 Å². The third-order valence-corrected chi connectivity index (χ3v) is 6.09. The summed E-state index contributed by atoms with van der Waals surface area (Å²) in [6.45, 7) is 4.09. The Morgan fingerprint density at radius 2 is 1.77 bits per heavy atom. The Kier molecular flexibility index (Phi) is 6.02. The Bertz CT molecular complexity index is 984. The first kappa shape index (κ1) is 21.0. The number of likely N-dealkylation sites (tertiary alicyclic amines) is 1. The third-order valence-electron chi connectivity index (χ3n) is 6.09. The number of nitrogens with zero attached hydrogens (tertiary/aromatic N) is 2. The molecule has 162 valence electrons. The minimum atomic E-state index is -0.427. The average molecular weight is 423 g/mol. The van der Waals surface area contributed by atoms with Crippen molar-refractivity contribution >= 4 is 29.1 Å². The van der Waals surface area contributed by atoms with E-state index in [-0.39, 0.29) is 30.1 Å². The molecule has 3 amide bonds. The van der Waals surface area contributed by atoms with Gasteiger partial charge >= 0.3 is 0 Å². The molecule has 1 N–H and O–H groups in total. The van der Waals surface area contributed by atoms with Gasteiger partial charge in [-0.1, -0.05) is 13.0 Å². The monoisotopic (exact) mass is 423 g/mol. The Morgan fingerprint density at radius 1 is 1.06 bits per heavy atom. The van der Waals surface area contributed by atoms with Crippen molar-refractivity contribution in [2.45, 2.75) is 26.2 Å². The number of hydrogen-bond donors (Lipinski definition) is 1. The highest BCUT2D eigenvalue weighted by Gasteiger charge is 2.37. The molecule has 2 saturated heterocycles. The molecule has 2 fully saturated rings. The fourth-order valence-corrected chi connectivity index (χ4v) is 4.17. The molecule has 0 bridgehead atoms. The van der Waals surface area contributed by atoms with E-state index in [2.05, 4.69) is 12.2 Å². The first-order chi connectivity index (χ1) is 14.9. The molecule has 4 rings (SSSR count). The summed E-state index contributed by atoms with van der Waals surface area (Å²) in [7, 11) is 0. The molecule has 1 atom stereocenters. The van der Waals surface area contributed by atoms with Crippen molar-refractivity contribution in [3.8, 4) is 0 Å². The summed E-state index contributed by atoms with van der Waals surface area (Å²) in [6.07, 6.45) is 2.23. The fourth-order valence-electron chi connectivity index (χ4n) is 4.17. The number of nitrogens with one attached hydrogen (secondary N) is 1. The lowest BCUT2D eigenvalue weighted by Crippen LogP contribution is -2.42. The predicted octanol–water partition coefficient (Wildman–Crippen LogP) is 3.69. The number of benzene rings is 2. The molecule has 2 heterocycles. The van der Waals surface area contributed by atoms with Crippen molar-refractivity contribution in [2.75, 3.05) is 29.9 Å². The second-order valence-corrected chi connectivity index (χ2v) is 8.42. The fraction of sp³-hybridized carbons (Fsp3) is 0.375. The molecule has 0 radical (unpaired) electrons. The van der Waals surface area contributed by atoms with E-state index in [4.69, 9.17) is 0 Å². The van der Waals surface area contributed by atoms with Crippen LogP contribution < -0.4 is 10.2 Å². The lowest BCUT2D eigenvalue weighted by atomic mass is 9.97. The normalized spacial score (nSPS) is 19.5. The first-order valence-electron chi connectivity index (χ1n) is 10.7. The van der Waals surface area contributed by atoms with Crippen molar-refractivity contribution in [3.63, 3.8) is 0 Å². The van der Waals surface area contributed by atoms with Gasteiger partial charge in [0.25, 0.3) is 5.91 Å². The number of halogens is 1. The first-order valence-corrected chi connectivity index (χ1v) is 10.7. The second-order valence-electron chi connectivity index (χ2n) is 8.42. The van der Waals surface area contributed by atoms with Gasteiger partial charge in [0.1, 0.15) is 5.82 Å². The Morgan fingerprint density at radius 3 is 2.45 bits per heavy atom. The summed E-state index contributed by atoms with van der Waals surface area (Å²) >= 11 is 0. The second kappa shape index (κ2) is 8.88. The van der Waals surface area contributed by atoms with Crippen LogP contribution in [0.3, 0.4) is 0 Å². The molecular formula is C24H26FN3O3. The number of carbonyl (C=O) groups excluding carboxylic acids is 3. The molecule has 2 aliphatic heterocycles. The molecule has 0 aromatic heterocycles. The molecule has 2 aromatic carbocycles. The maximum atomic E-state index is 13.3. The van der Waals surface area contributed by atoms with E-state index in [1.165, 1.54) is 18.2 Å². The standard InChI is InChI=1S/C24H26FN3O3/c1-16-9-11-27(12-10-16)24(31)18-13-22(29)28(15-18)21-7-5-17(6-8-21)23(30)26-20-4-2-3-19(25)14-20/h2-8,14,16,18H,9-13,15H2,1H3,(H,26,30)/t18-/m1/s1. The van der Waals surface area contributed by atoms with Crippen LogP contribution >= 0.6 is 0 Å². The van der Waals surface area contributed by atoms with Gasteiger partial charge in [0.05, 0.1) is 5.92 Å². The van der Waals surface area contributed by atoms with Crippen LogP contribution in [-0.2, 0) is 9.59 Å². The zero-order chi connectivity index (χ0) is 22.0. The van der Waals surface area contributed by atoms with Gasteiger partial charge in [0.2, 0.25) is 11.8 Å². The van der Waals surface area contributed by atoms with Gasteiger partial charge in [-0.3, -0.25) is 14.4 Å². The number of carbonyl (C=O) groups is 3. The molecule has 2 aromatic rings. The van der Waals surface area contributed by atoms with Gasteiger partial charge < -0.3 is 15.1 Å². The quantitative estimate of drug-likeness (QED) is 0.816. The summed E-state index contributed by atoms with van der Waals surface area (Å²) < 4.78 is 13.3. The molecule has 31 heavy (non-hydrogen) atoms. The third kappa shape index (κ3) is 4.76. The van der Waals surface area contributed by atoms with Gasteiger partial charge in [-0.05, 0) is 61.2 Å². The van der Waals surface area contributed by atoms with Crippen LogP contribution in [0.2, 0.25) is 0 Å². The topological polar surface area (TPSA) is 69.7 Å². The average Bonchev–Trinajstić information content (AvgIpc) is 3.15. The van der Waals surface area contributed by atoms with Crippen LogP contribution in [0.15, 0.2) is 48.5 Å². The summed E-state index contributed by atoms with van der Waals surface area (Å²) in [5.74, 6) is -0.491. The maximum absolute atomic E-state index is 13.3. The minimum Gasteiger partial charge on any atom is -0.342 e. The number of piperidine rings is 1. The van der Waals surface area contributed by atoms with Gasteiger partial charge in [-0.2, -0.15) is 0 Å². The van der Waals surface area contributed by atoms with Crippen LogP contribution in [0.4, 0.5) is 15.8 Å². The van der Waals surface area contributed by atoms with Gasteiger partial charge in [-0.15, -0.1) is 0 Å². The number of amides is 3. The maximum Gasteiger partial charge on any atom is 0.255 e. The molecular weight excluding hydrogens is 397 g/mol. The minimum absolute atomic E-state index is 0.0637. The Balaban J connectivity index is 1.39. The van der Waals surface area contributed by atoms with Crippen molar-refractivity contribution in [3.05, 3.63) is 59.9 Å². The van der Waals surface area contributed by atoms with Crippen molar-refractivity contribution in [1.82, 2.24) is 4.90 Å². The largest absolute Gasteiger partial charge is 0.342 e. The molecule has 0 saturated carbocycles. The van der Waals surface area contributed by atoms with Crippen LogP contribution in [0.25, 0.3) is 0 Å². The van der Waals surface area contributed by atoms with Gasteiger partial charge in [0, 0.05) is 43.0 Å². The highest BCUT2D eigenvalue weighted by atomic mass is 19.1. The lowest BCUT2D eigenvalue weighted by Gasteiger charge is -2.32. The number of anilines is 2. The van der Waals surface area contributed by atoms with Crippen LogP contribution in [-0.4, -0.2) is 42.3 Å². The van der Waals surface area contributed by atoms with Crippen molar-refractivity contribution in [1.29, 1.82) is 0 Å². The summed E-state index contributed by atoms with van der Waals surface area (Å²) in [5, 5.41) is 2.65. The van der Waals surface area contributed by atoms with E-state index in [9.17, 15) is 18.8 Å². The zero-order valence-electron chi connectivity index (χ0n) is 17.5. The van der Waals surface area contributed by atoms with E-state index in [1.54, 1.807) is 35.2 Å². The zero-order valence-corrected chi connectivity index (χ0v) is 17.5. The van der Waals surface area contributed by atoms with Gasteiger partial charge in [-0.25, -0.2) is 4.39 Å².